The molecule has 2 heterocycles. The molecule has 0 unspecified atom stereocenters. The number of aromatic nitrogens is 2. The van der Waals surface area contributed by atoms with Gasteiger partial charge in [0.2, 0.25) is 12.3 Å². The summed E-state index contributed by atoms with van der Waals surface area (Å²) < 4.78 is 15.9. The van der Waals surface area contributed by atoms with Gasteiger partial charge in [-0.25, -0.2) is 4.98 Å². The van der Waals surface area contributed by atoms with Crippen LogP contribution in [0.1, 0.15) is 6.92 Å². The van der Waals surface area contributed by atoms with Crippen molar-refractivity contribution in [3.63, 3.8) is 0 Å². The Bertz CT molecular complexity index is 628. The standard InChI is InChI=1S/C13H12Cl2N2O3S/c1-3-19-21-20-11-4-8(14)6-17-13(11)9-7-16-12(15)5-10(9)18-2/h4-7H,3H2,1-2H3. The van der Waals surface area contributed by atoms with Crippen molar-refractivity contribution in [1.82, 2.24) is 9.97 Å². The minimum atomic E-state index is 0.329. The molecule has 0 N–H and O–H groups in total. The van der Waals surface area contributed by atoms with Crippen LogP contribution in [0.3, 0.4) is 0 Å². The largest absolute Gasteiger partial charge is 0.496 e. The van der Waals surface area contributed by atoms with Crippen LogP contribution >= 0.6 is 35.5 Å². The van der Waals surface area contributed by atoms with Gasteiger partial charge < -0.3 is 8.92 Å². The summed E-state index contributed by atoms with van der Waals surface area (Å²) in [6, 6.07) is 3.25. The topological polar surface area (TPSA) is 53.5 Å². The van der Waals surface area contributed by atoms with E-state index >= 15 is 0 Å². The lowest BCUT2D eigenvalue weighted by Gasteiger charge is -2.12. The van der Waals surface area contributed by atoms with Crippen molar-refractivity contribution in [2.45, 2.75) is 6.92 Å². The molecular formula is C13H12Cl2N2O3S. The summed E-state index contributed by atoms with van der Waals surface area (Å²) in [6.07, 6.45) is 3.08. The van der Waals surface area contributed by atoms with Gasteiger partial charge in [-0.3, -0.25) is 9.17 Å². The molecule has 0 aliphatic carbocycles. The predicted octanol–water partition coefficient (Wildman–Crippen LogP) is 4.44. The third-order valence-electron chi connectivity index (χ3n) is 2.42. The van der Waals surface area contributed by atoms with E-state index in [9.17, 15) is 0 Å². The molecule has 0 saturated heterocycles. The lowest BCUT2D eigenvalue weighted by Crippen LogP contribution is -1.95. The van der Waals surface area contributed by atoms with Gasteiger partial charge in [0.1, 0.15) is 16.6 Å². The molecule has 2 aromatic heterocycles. The van der Waals surface area contributed by atoms with E-state index in [-0.39, 0.29) is 0 Å². The van der Waals surface area contributed by atoms with Gasteiger partial charge in [0.05, 0.1) is 24.3 Å². The average molecular weight is 347 g/mol. The van der Waals surface area contributed by atoms with Crippen molar-refractivity contribution in [3.8, 4) is 22.8 Å². The van der Waals surface area contributed by atoms with E-state index in [0.717, 1.165) is 12.3 Å². The van der Waals surface area contributed by atoms with Crippen molar-refractivity contribution < 1.29 is 13.1 Å². The lowest BCUT2D eigenvalue weighted by molar-refractivity contribution is 0.369. The maximum atomic E-state index is 5.96. The van der Waals surface area contributed by atoms with Gasteiger partial charge in [-0.2, -0.15) is 0 Å². The van der Waals surface area contributed by atoms with E-state index in [0.29, 0.717) is 39.5 Å². The first kappa shape index (κ1) is 16.2. The normalized spacial score (nSPS) is 10.5. The van der Waals surface area contributed by atoms with Gasteiger partial charge in [0.25, 0.3) is 0 Å². The van der Waals surface area contributed by atoms with Crippen molar-refractivity contribution in [2.24, 2.45) is 0 Å². The van der Waals surface area contributed by atoms with Crippen LogP contribution in [-0.2, 0) is 4.18 Å². The molecule has 8 heteroatoms. The first-order valence-electron chi connectivity index (χ1n) is 5.97. The molecule has 21 heavy (non-hydrogen) atoms. The average Bonchev–Trinajstić information content (AvgIpc) is 2.48. The summed E-state index contributed by atoms with van der Waals surface area (Å²) in [6.45, 7) is 2.37. The van der Waals surface area contributed by atoms with Crippen LogP contribution in [0.2, 0.25) is 10.2 Å². The van der Waals surface area contributed by atoms with Gasteiger partial charge in [-0.1, -0.05) is 23.2 Å². The number of hydrogen-bond acceptors (Lipinski definition) is 6. The molecule has 0 saturated carbocycles. The SMILES string of the molecule is CCOSOc1cc(Cl)cnc1-c1cnc(Cl)cc1OC. The van der Waals surface area contributed by atoms with E-state index in [2.05, 4.69) is 9.97 Å². The highest BCUT2D eigenvalue weighted by Crippen LogP contribution is 2.37. The van der Waals surface area contributed by atoms with Crippen molar-refractivity contribution in [3.05, 3.63) is 34.7 Å². The van der Waals surface area contributed by atoms with Gasteiger partial charge in [0, 0.05) is 24.5 Å². The maximum Gasteiger partial charge on any atom is 0.225 e. The number of methoxy groups -OCH3 is 1. The molecule has 0 spiro atoms. The zero-order valence-corrected chi connectivity index (χ0v) is 13.6. The smallest absolute Gasteiger partial charge is 0.225 e. The van der Waals surface area contributed by atoms with E-state index < -0.39 is 0 Å². The highest BCUT2D eigenvalue weighted by Gasteiger charge is 2.16. The highest BCUT2D eigenvalue weighted by molar-refractivity contribution is 7.90. The Balaban J connectivity index is 2.43. The van der Waals surface area contributed by atoms with Crippen LogP contribution in [0, 0.1) is 0 Å². The molecule has 0 fully saturated rings. The Labute approximate surface area is 137 Å². The molecule has 112 valence electrons. The highest BCUT2D eigenvalue weighted by atomic mass is 35.5. The molecule has 0 amide bonds. The number of ether oxygens (including phenoxy) is 1. The minimum Gasteiger partial charge on any atom is -0.496 e. The second-order valence-electron chi connectivity index (χ2n) is 3.77. The van der Waals surface area contributed by atoms with Crippen LogP contribution in [-0.4, -0.2) is 23.7 Å². The van der Waals surface area contributed by atoms with Crippen LogP contribution in [0.4, 0.5) is 0 Å². The van der Waals surface area contributed by atoms with Gasteiger partial charge >= 0.3 is 0 Å². The van der Waals surface area contributed by atoms with E-state index in [1.54, 1.807) is 25.4 Å². The van der Waals surface area contributed by atoms with Crippen LogP contribution < -0.4 is 8.92 Å². The third-order valence-corrected chi connectivity index (χ3v) is 3.41. The van der Waals surface area contributed by atoms with Crippen molar-refractivity contribution in [1.29, 1.82) is 0 Å². The minimum absolute atomic E-state index is 0.329. The zero-order valence-electron chi connectivity index (χ0n) is 11.3. The molecular weight excluding hydrogens is 335 g/mol. The second kappa shape index (κ2) is 7.70. The Morgan fingerprint density at radius 3 is 2.67 bits per heavy atom. The van der Waals surface area contributed by atoms with Crippen molar-refractivity contribution >= 4 is 35.5 Å². The monoisotopic (exact) mass is 346 g/mol. The first-order chi connectivity index (χ1) is 10.2. The summed E-state index contributed by atoms with van der Waals surface area (Å²) in [4.78, 5) is 8.32. The van der Waals surface area contributed by atoms with Gasteiger partial charge in [0.15, 0.2) is 5.75 Å². The fourth-order valence-electron chi connectivity index (χ4n) is 1.56. The fourth-order valence-corrected chi connectivity index (χ4v) is 2.20. The first-order valence-corrected chi connectivity index (χ1v) is 7.39. The summed E-state index contributed by atoms with van der Waals surface area (Å²) >= 11 is 12.7. The third kappa shape index (κ3) is 4.14. The number of hydrogen-bond donors (Lipinski definition) is 0. The zero-order chi connectivity index (χ0) is 15.2. The van der Waals surface area contributed by atoms with E-state index in [1.807, 2.05) is 6.92 Å². The molecule has 0 bridgehead atoms. The maximum absolute atomic E-state index is 5.96. The quantitative estimate of drug-likeness (QED) is 0.438. The molecule has 0 aromatic carbocycles. The van der Waals surface area contributed by atoms with Crippen LogP contribution in [0.5, 0.6) is 11.5 Å². The molecule has 0 aliphatic rings. The summed E-state index contributed by atoms with van der Waals surface area (Å²) in [5, 5.41) is 0.780. The number of pyridine rings is 2. The molecule has 0 aliphatic heterocycles. The van der Waals surface area contributed by atoms with Crippen LogP contribution in [0.15, 0.2) is 24.5 Å². The summed E-state index contributed by atoms with van der Waals surface area (Å²) in [5.41, 5.74) is 1.18. The van der Waals surface area contributed by atoms with E-state index in [1.165, 1.54) is 6.20 Å². The Hall–Kier alpha value is -1.21. The Morgan fingerprint density at radius 1 is 1.14 bits per heavy atom. The number of rotatable bonds is 6. The lowest BCUT2D eigenvalue weighted by atomic mass is 10.1. The fraction of sp³-hybridized carbons (Fsp3) is 0.231. The summed E-state index contributed by atoms with van der Waals surface area (Å²) in [5.74, 6) is 0.986. The van der Waals surface area contributed by atoms with Gasteiger partial charge in [-0.05, 0) is 6.92 Å². The molecule has 0 atom stereocenters. The molecule has 5 nitrogen and oxygen atoms in total. The number of halogens is 2. The number of nitrogens with zero attached hydrogens (tertiary/aromatic N) is 2. The molecule has 2 rings (SSSR count). The van der Waals surface area contributed by atoms with Gasteiger partial charge in [-0.15, -0.1) is 0 Å². The van der Waals surface area contributed by atoms with Crippen molar-refractivity contribution in [2.75, 3.05) is 13.7 Å². The Morgan fingerprint density at radius 2 is 1.95 bits per heavy atom. The molecule has 0 radical (unpaired) electrons. The second-order valence-corrected chi connectivity index (χ2v) is 5.13. The predicted molar refractivity (Wildman–Crippen MR) is 83.9 cm³/mol. The Kier molecular flexibility index (Phi) is 5.93. The molecule has 2 aromatic rings. The van der Waals surface area contributed by atoms with E-state index in [4.69, 9.17) is 36.3 Å². The van der Waals surface area contributed by atoms with Crippen LogP contribution in [0.25, 0.3) is 11.3 Å². The summed E-state index contributed by atoms with van der Waals surface area (Å²) in [7, 11) is 1.54.